The molecule has 36 heavy (non-hydrogen) atoms. The highest BCUT2D eigenvalue weighted by Gasteiger charge is 2.35. The fraction of sp³-hybridized carbons (Fsp3) is 0.500. The summed E-state index contributed by atoms with van der Waals surface area (Å²) in [7, 11) is -0.618. The number of fused-ring (bicyclic) bond motifs is 1. The molecule has 2 aliphatic heterocycles. The third kappa shape index (κ3) is 5.57. The Morgan fingerprint density at radius 1 is 1.17 bits per heavy atom. The summed E-state index contributed by atoms with van der Waals surface area (Å²) in [6, 6.07) is 14.2. The van der Waals surface area contributed by atoms with Crippen molar-refractivity contribution >= 4 is 15.9 Å². The summed E-state index contributed by atoms with van der Waals surface area (Å²) in [5.74, 6) is -0.144. The number of carbonyl (C=O) groups excluding carboxylic acids is 1. The molecule has 1 amide bonds. The van der Waals surface area contributed by atoms with Gasteiger partial charge < -0.3 is 19.8 Å². The number of aliphatic hydroxyl groups is 2. The average molecular weight is 518 g/mol. The van der Waals surface area contributed by atoms with Crippen LogP contribution < -0.4 is 4.74 Å². The Bertz CT molecular complexity index is 1160. The molecular formula is C26H35N3O6S. The summed E-state index contributed by atoms with van der Waals surface area (Å²) in [5, 5.41) is 19.2. The van der Waals surface area contributed by atoms with Gasteiger partial charge in [-0.1, -0.05) is 30.3 Å². The maximum absolute atomic E-state index is 13.9. The third-order valence-electron chi connectivity index (χ3n) is 7.12. The van der Waals surface area contributed by atoms with E-state index in [0.29, 0.717) is 43.9 Å². The predicted molar refractivity (Wildman–Crippen MR) is 135 cm³/mol. The minimum absolute atomic E-state index is 0.0228. The fourth-order valence-corrected chi connectivity index (χ4v) is 6.18. The Hall–Kier alpha value is -2.50. The van der Waals surface area contributed by atoms with Gasteiger partial charge in [-0.25, -0.2) is 8.42 Å². The molecule has 0 unspecified atom stereocenters. The molecule has 10 heteroatoms. The zero-order chi connectivity index (χ0) is 25.9. The normalized spacial score (nSPS) is 21.1. The lowest BCUT2D eigenvalue weighted by Crippen LogP contribution is -2.42. The molecule has 1 fully saturated rings. The molecular weight excluding hydrogens is 482 g/mol. The summed E-state index contributed by atoms with van der Waals surface area (Å²) >= 11 is 0. The first-order valence-corrected chi connectivity index (χ1v) is 13.7. The standard InChI is InChI=1S/C26H35N3O6S/c1-27(13-14-30)36(33,34)21-8-9-25-23(16-21)22(11-15-35-25)26(32)28(2)24(19-6-4-3-5-7-19)18-29-12-10-20(31)17-29/h3-9,16,20,22,24,30-31H,10-15,17-18H2,1-2H3/t20-,22+,24+/m0/s1. The number of likely N-dealkylation sites (tertiary alicyclic amines) is 1. The second kappa shape index (κ2) is 11.3. The number of β-amino-alcohol motifs (C(OH)–C–C–N with tert-alkyl or cyclic N) is 1. The lowest BCUT2D eigenvalue weighted by Gasteiger charge is -2.36. The molecule has 0 saturated carbocycles. The molecule has 0 radical (unpaired) electrons. The minimum atomic E-state index is -3.82. The number of aliphatic hydroxyl groups excluding tert-OH is 2. The van der Waals surface area contributed by atoms with E-state index in [0.717, 1.165) is 16.4 Å². The molecule has 4 rings (SSSR count). The number of ether oxygens (including phenoxy) is 1. The first kappa shape index (κ1) is 26.6. The number of sulfonamides is 1. The van der Waals surface area contributed by atoms with E-state index >= 15 is 0 Å². The van der Waals surface area contributed by atoms with Crippen LogP contribution in [0.5, 0.6) is 5.75 Å². The summed E-state index contributed by atoms with van der Waals surface area (Å²) < 4.78 is 32.8. The highest BCUT2D eigenvalue weighted by molar-refractivity contribution is 7.89. The summed E-state index contributed by atoms with van der Waals surface area (Å²) in [5.41, 5.74) is 1.56. The molecule has 2 heterocycles. The van der Waals surface area contributed by atoms with Crippen LogP contribution in [-0.4, -0.2) is 98.2 Å². The third-order valence-corrected chi connectivity index (χ3v) is 8.97. The molecule has 2 aromatic rings. The first-order chi connectivity index (χ1) is 17.2. The van der Waals surface area contributed by atoms with Crippen LogP contribution in [0.1, 0.15) is 35.9 Å². The van der Waals surface area contributed by atoms with E-state index in [2.05, 4.69) is 4.90 Å². The molecule has 196 valence electrons. The largest absolute Gasteiger partial charge is 0.493 e. The van der Waals surface area contributed by atoms with Crippen LogP contribution in [0.3, 0.4) is 0 Å². The average Bonchev–Trinajstić information content (AvgIpc) is 3.31. The fourth-order valence-electron chi connectivity index (χ4n) is 4.98. The van der Waals surface area contributed by atoms with E-state index in [1.54, 1.807) is 18.0 Å². The van der Waals surface area contributed by atoms with Gasteiger partial charge in [0, 0.05) is 45.8 Å². The molecule has 3 atom stereocenters. The van der Waals surface area contributed by atoms with E-state index < -0.39 is 15.9 Å². The number of carbonyl (C=O) groups is 1. The van der Waals surface area contributed by atoms with Crippen LogP contribution >= 0.6 is 0 Å². The van der Waals surface area contributed by atoms with Gasteiger partial charge in [0.1, 0.15) is 5.75 Å². The molecule has 0 aliphatic carbocycles. The number of hydrogen-bond donors (Lipinski definition) is 2. The number of rotatable bonds is 9. The maximum Gasteiger partial charge on any atom is 0.242 e. The number of nitrogens with zero attached hydrogens (tertiary/aromatic N) is 3. The number of hydrogen-bond acceptors (Lipinski definition) is 7. The smallest absolute Gasteiger partial charge is 0.242 e. The van der Waals surface area contributed by atoms with Gasteiger partial charge in [-0.2, -0.15) is 4.31 Å². The predicted octanol–water partition coefficient (Wildman–Crippen LogP) is 1.43. The maximum atomic E-state index is 13.9. The van der Waals surface area contributed by atoms with Gasteiger partial charge in [-0.15, -0.1) is 0 Å². The van der Waals surface area contributed by atoms with E-state index in [-0.39, 0.29) is 36.1 Å². The zero-order valence-corrected chi connectivity index (χ0v) is 21.6. The highest BCUT2D eigenvalue weighted by atomic mass is 32.2. The second-order valence-corrected chi connectivity index (χ2v) is 11.6. The molecule has 2 N–H and O–H groups in total. The molecule has 1 saturated heterocycles. The van der Waals surface area contributed by atoms with Crippen molar-refractivity contribution in [2.24, 2.45) is 0 Å². The van der Waals surface area contributed by atoms with Crippen molar-refractivity contribution in [3.63, 3.8) is 0 Å². The summed E-state index contributed by atoms with van der Waals surface area (Å²) in [6.07, 6.45) is 0.805. The van der Waals surface area contributed by atoms with Crippen LogP contribution in [0.4, 0.5) is 0 Å². The molecule has 0 aromatic heterocycles. The minimum Gasteiger partial charge on any atom is -0.493 e. The summed E-state index contributed by atoms with van der Waals surface area (Å²) in [4.78, 5) is 17.9. The Labute approximate surface area is 212 Å². The number of amides is 1. The summed E-state index contributed by atoms with van der Waals surface area (Å²) in [6.45, 7) is 2.00. The van der Waals surface area contributed by atoms with Crippen molar-refractivity contribution < 1.29 is 28.2 Å². The highest BCUT2D eigenvalue weighted by Crippen LogP contribution is 2.38. The SMILES string of the molecule is CN(C(=O)[C@@H]1CCOc2ccc(S(=O)(=O)N(C)CCO)cc21)[C@H](CN1CC[C@H](O)C1)c1ccccc1. The lowest BCUT2D eigenvalue weighted by molar-refractivity contribution is -0.134. The molecule has 9 nitrogen and oxygen atoms in total. The van der Waals surface area contributed by atoms with Gasteiger partial charge in [0.2, 0.25) is 15.9 Å². The van der Waals surface area contributed by atoms with Crippen molar-refractivity contribution in [1.82, 2.24) is 14.1 Å². The molecule has 2 aromatic carbocycles. The Balaban J connectivity index is 1.63. The van der Waals surface area contributed by atoms with E-state index in [4.69, 9.17) is 4.74 Å². The Morgan fingerprint density at radius 2 is 1.92 bits per heavy atom. The lowest BCUT2D eigenvalue weighted by atomic mass is 9.91. The topological polar surface area (TPSA) is 111 Å². The van der Waals surface area contributed by atoms with Crippen LogP contribution in [0.15, 0.2) is 53.4 Å². The van der Waals surface area contributed by atoms with Crippen LogP contribution in [0.2, 0.25) is 0 Å². The molecule has 0 bridgehead atoms. The quantitative estimate of drug-likeness (QED) is 0.518. The molecule has 2 aliphatic rings. The first-order valence-electron chi connectivity index (χ1n) is 12.3. The van der Waals surface area contributed by atoms with Gasteiger partial charge in [0.05, 0.1) is 36.2 Å². The van der Waals surface area contributed by atoms with Gasteiger partial charge in [0.15, 0.2) is 0 Å². The van der Waals surface area contributed by atoms with E-state index in [9.17, 15) is 23.4 Å². The van der Waals surface area contributed by atoms with Crippen molar-refractivity contribution in [2.75, 3.05) is 53.5 Å². The zero-order valence-electron chi connectivity index (χ0n) is 20.8. The number of benzene rings is 2. The van der Waals surface area contributed by atoms with Crippen molar-refractivity contribution in [3.8, 4) is 5.75 Å². The monoisotopic (exact) mass is 517 g/mol. The van der Waals surface area contributed by atoms with E-state index in [1.165, 1.54) is 19.2 Å². The van der Waals surface area contributed by atoms with Gasteiger partial charge in [-0.05, 0) is 36.6 Å². The van der Waals surface area contributed by atoms with Crippen LogP contribution in [-0.2, 0) is 14.8 Å². The Morgan fingerprint density at radius 3 is 2.58 bits per heavy atom. The van der Waals surface area contributed by atoms with Crippen molar-refractivity contribution in [1.29, 1.82) is 0 Å². The molecule has 0 spiro atoms. The van der Waals surface area contributed by atoms with Gasteiger partial charge in [0.25, 0.3) is 0 Å². The van der Waals surface area contributed by atoms with Crippen molar-refractivity contribution in [3.05, 3.63) is 59.7 Å². The van der Waals surface area contributed by atoms with Crippen molar-refractivity contribution in [2.45, 2.75) is 35.8 Å². The van der Waals surface area contributed by atoms with Gasteiger partial charge in [-0.3, -0.25) is 9.69 Å². The Kier molecular flexibility index (Phi) is 8.31. The van der Waals surface area contributed by atoms with Crippen LogP contribution in [0.25, 0.3) is 0 Å². The second-order valence-electron chi connectivity index (χ2n) is 9.52. The van der Waals surface area contributed by atoms with Gasteiger partial charge >= 0.3 is 0 Å². The van der Waals surface area contributed by atoms with E-state index in [1.807, 2.05) is 30.3 Å². The number of likely N-dealkylation sites (N-methyl/N-ethyl adjacent to an activating group) is 2. The van der Waals surface area contributed by atoms with Crippen LogP contribution in [0, 0.1) is 0 Å².